The number of anilines is 1. The maximum atomic E-state index is 14.1. The molecule has 13 nitrogen and oxygen atoms in total. The zero-order valence-corrected chi connectivity index (χ0v) is 24.6. The maximum absolute atomic E-state index is 14.1. The number of esters is 1. The van der Waals surface area contributed by atoms with Crippen LogP contribution in [-0.2, 0) is 18.6 Å². The van der Waals surface area contributed by atoms with Crippen LogP contribution in [0.1, 0.15) is 45.2 Å². The van der Waals surface area contributed by atoms with Crippen LogP contribution in [-0.4, -0.2) is 62.2 Å². The van der Waals surface area contributed by atoms with Crippen molar-refractivity contribution in [3.8, 4) is 11.8 Å². The summed E-state index contributed by atoms with van der Waals surface area (Å²) in [4.78, 5) is 16.7. The summed E-state index contributed by atoms with van der Waals surface area (Å²) >= 11 is 0. The molecule has 0 bridgehead atoms. The Balaban J connectivity index is 1.59. The molecule has 2 heterocycles. The minimum atomic E-state index is -4.28. The fraction of sp³-hybridized carbons (Fsp3) is 0.500. The summed E-state index contributed by atoms with van der Waals surface area (Å²) in [5, 5.41) is 38.6. The number of nitrogens with two attached hydrogens (primary N) is 1. The summed E-state index contributed by atoms with van der Waals surface area (Å²) < 4.78 is 32.6. The lowest BCUT2D eigenvalue weighted by Crippen LogP contribution is -2.37. The molecule has 3 aromatic rings. The lowest BCUT2D eigenvalue weighted by Gasteiger charge is -2.27. The van der Waals surface area contributed by atoms with E-state index in [1.807, 2.05) is 13.8 Å². The summed E-state index contributed by atoms with van der Waals surface area (Å²) in [5.74, 6) is -2.73. The number of ether oxygens (including phenoxy) is 1. The molecule has 1 saturated carbocycles. The van der Waals surface area contributed by atoms with Gasteiger partial charge in [-0.1, -0.05) is 44.9 Å². The van der Waals surface area contributed by atoms with Crippen molar-refractivity contribution in [3.63, 3.8) is 0 Å². The largest absolute Gasteiger partial charge is 0.464 e. The number of aromatic nitrogens is 3. The van der Waals surface area contributed by atoms with Crippen molar-refractivity contribution in [2.24, 2.45) is 17.8 Å². The van der Waals surface area contributed by atoms with E-state index in [2.05, 4.69) is 21.2 Å². The van der Waals surface area contributed by atoms with Crippen LogP contribution in [0.25, 0.3) is 5.52 Å². The van der Waals surface area contributed by atoms with Gasteiger partial charge >= 0.3 is 13.7 Å². The highest BCUT2D eigenvalue weighted by molar-refractivity contribution is 7.52. The average Bonchev–Trinajstić information content (AvgIpc) is 3.51. The van der Waals surface area contributed by atoms with Gasteiger partial charge in [-0.05, 0) is 37.1 Å². The Morgan fingerprint density at radius 3 is 2.57 bits per heavy atom. The van der Waals surface area contributed by atoms with Crippen molar-refractivity contribution in [2.45, 2.75) is 57.8 Å². The van der Waals surface area contributed by atoms with Gasteiger partial charge in [0, 0.05) is 17.5 Å². The summed E-state index contributed by atoms with van der Waals surface area (Å²) in [7, 11) is -4.28. The third kappa shape index (κ3) is 6.75. The lowest BCUT2D eigenvalue weighted by molar-refractivity contribution is -0.146. The highest BCUT2D eigenvalue weighted by atomic mass is 31.2. The number of rotatable bonds is 13. The number of hydrogen-bond acceptors (Lipinski definition) is 11. The fourth-order valence-corrected chi connectivity index (χ4v) is 6.71. The molecule has 226 valence electrons. The molecule has 0 radical (unpaired) electrons. The molecule has 4 rings (SSSR count). The number of nitriles is 1. The Bertz CT molecular complexity index is 1440. The molecule has 0 amide bonds. The van der Waals surface area contributed by atoms with E-state index in [1.165, 1.54) is 17.8 Å². The molecule has 1 fully saturated rings. The van der Waals surface area contributed by atoms with Gasteiger partial charge in [0.15, 0.2) is 5.82 Å². The number of fused-ring (bicyclic) bond motifs is 1. The van der Waals surface area contributed by atoms with E-state index in [4.69, 9.17) is 19.5 Å². The molecule has 14 heteroatoms. The number of nitrogens with zero attached hydrogens (tertiary/aromatic N) is 4. The quantitative estimate of drug-likeness (QED) is 0.166. The van der Waals surface area contributed by atoms with Crippen molar-refractivity contribution in [1.29, 1.82) is 5.26 Å². The Morgan fingerprint density at radius 2 is 1.90 bits per heavy atom. The molecule has 0 spiro atoms. The van der Waals surface area contributed by atoms with E-state index in [9.17, 15) is 24.8 Å². The number of hydrogen-bond donors (Lipinski definition) is 4. The van der Waals surface area contributed by atoms with Gasteiger partial charge in [-0.3, -0.25) is 9.32 Å². The molecule has 1 aromatic carbocycles. The molecular formula is C28H37N6O7P. The molecule has 7 atom stereocenters. The Hall–Kier alpha value is -3.53. The van der Waals surface area contributed by atoms with E-state index in [-0.39, 0.29) is 24.1 Å². The minimum Gasteiger partial charge on any atom is -0.464 e. The van der Waals surface area contributed by atoms with Crippen LogP contribution in [0.15, 0.2) is 48.8 Å². The van der Waals surface area contributed by atoms with Crippen LogP contribution in [0, 0.1) is 29.1 Å². The second-order valence-corrected chi connectivity index (χ2v) is 12.1. The molecule has 2 unspecified atom stereocenters. The maximum Gasteiger partial charge on any atom is 0.459 e. The Labute approximate surface area is 244 Å². The van der Waals surface area contributed by atoms with Gasteiger partial charge < -0.3 is 25.2 Å². The molecule has 2 aromatic heterocycles. The number of aliphatic hydroxyl groups excluding tert-OH is 2. The molecular weight excluding hydrogens is 563 g/mol. The second-order valence-electron chi connectivity index (χ2n) is 10.4. The Kier molecular flexibility index (Phi) is 10.2. The molecule has 5 N–H and O–H groups in total. The second kappa shape index (κ2) is 13.6. The van der Waals surface area contributed by atoms with Crippen LogP contribution in [0.5, 0.6) is 5.75 Å². The average molecular weight is 601 g/mol. The number of nitrogen functional groups attached to an aromatic ring is 1. The lowest BCUT2D eigenvalue weighted by atomic mass is 9.87. The highest BCUT2D eigenvalue weighted by Crippen LogP contribution is 2.50. The standard InChI is InChI=1S/C28H37N6O7P/c1-4-18(5-2)14-39-28(37)17(3)33-42(38,41-19-9-7-6-8-10-19)40-15-21-24(20(13-29)25(35)26(21)36)22-11-12-23-27(30)31-16-32-34(22)23/h6-12,16-18,20-21,24-26,35-36H,4-5,14-15H2,1-3H3,(H,33,38)(H2,30,31,32)/t17-,20-,21-,24?,25-,26+,42?/m0/s1. The van der Waals surface area contributed by atoms with Crippen LogP contribution in [0.4, 0.5) is 5.82 Å². The highest BCUT2D eigenvalue weighted by Gasteiger charge is 2.52. The van der Waals surface area contributed by atoms with Gasteiger partial charge in [-0.25, -0.2) is 14.1 Å². The first kappa shape index (κ1) is 31.4. The van der Waals surface area contributed by atoms with Crippen molar-refractivity contribution in [2.75, 3.05) is 18.9 Å². The number of para-hydroxylation sites is 1. The normalized spacial score (nSPS) is 24.3. The fourth-order valence-electron chi connectivity index (χ4n) is 5.18. The zero-order valence-electron chi connectivity index (χ0n) is 23.7. The number of benzene rings is 1. The summed E-state index contributed by atoms with van der Waals surface area (Å²) in [6, 6.07) is 12.6. The van der Waals surface area contributed by atoms with Crippen LogP contribution in [0.3, 0.4) is 0 Å². The summed E-state index contributed by atoms with van der Waals surface area (Å²) in [5.41, 5.74) is 6.95. The van der Waals surface area contributed by atoms with Crippen molar-refractivity contribution in [1.82, 2.24) is 19.7 Å². The predicted octanol–water partition coefficient (Wildman–Crippen LogP) is 3.05. The topological polar surface area (TPSA) is 194 Å². The van der Waals surface area contributed by atoms with Gasteiger partial charge in [-0.2, -0.15) is 15.4 Å². The van der Waals surface area contributed by atoms with Gasteiger partial charge in [0.25, 0.3) is 0 Å². The van der Waals surface area contributed by atoms with E-state index in [0.29, 0.717) is 11.2 Å². The predicted molar refractivity (Wildman–Crippen MR) is 153 cm³/mol. The van der Waals surface area contributed by atoms with Gasteiger partial charge in [0.1, 0.15) is 23.6 Å². The smallest absolute Gasteiger partial charge is 0.459 e. The molecule has 1 aliphatic rings. The number of carbonyl (C=O) groups excluding carboxylic acids is 1. The van der Waals surface area contributed by atoms with Crippen LogP contribution >= 0.6 is 7.75 Å². The minimum absolute atomic E-state index is 0.204. The van der Waals surface area contributed by atoms with E-state index < -0.39 is 56.3 Å². The molecule has 1 aliphatic carbocycles. The third-order valence-corrected chi connectivity index (χ3v) is 9.38. The summed E-state index contributed by atoms with van der Waals surface area (Å²) in [6.45, 7) is 5.33. The number of aliphatic hydroxyl groups is 2. The van der Waals surface area contributed by atoms with Crippen molar-refractivity contribution in [3.05, 3.63) is 54.5 Å². The first-order chi connectivity index (χ1) is 20.1. The first-order valence-corrected chi connectivity index (χ1v) is 15.4. The van der Waals surface area contributed by atoms with Gasteiger partial charge in [0.05, 0.1) is 37.4 Å². The van der Waals surface area contributed by atoms with Crippen LogP contribution in [0.2, 0.25) is 0 Å². The van der Waals surface area contributed by atoms with Crippen molar-refractivity contribution >= 4 is 25.1 Å². The summed E-state index contributed by atoms with van der Waals surface area (Å²) in [6.07, 6.45) is 0.133. The molecule has 0 aliphatic heterocycles. The van der Waals surface area contributed by atoms with Gasteiger partial charge in [0.2, 0.25) is 0 Å². The monoisotopic (exact) mass is 600 g/mol. The van der Waals surface area contributed by atoms with E-state index in [0.717, 1.165) is 12.8 Å². The third-order valence-electron chi connectivity index (χ3n) is 7.73. The van der Waals surface area contributed by atoms with Crippen LogP contribution < -0.4 is 15.3 Å². The molecule has 42 heavy (non-hydrogen) atoms. The number of nitrogens with one attached hydrogen (secondary N) is 1. The van der Waals surface area contributed by atoms with Gasteiger partial charge in [-0.15, -0.1) is 0 Å². The van der Waals surface area contributed by atoms with Crippen molar-refractivity contribution < 1.29 is 33.4 Å². The number of carbonyl (C=O) groups is 1. The van der Waals surface area contributed by atoms with E-state index >= 15 is 0 Å². The molecule has 0 saturated heterocycles. The Morgan fingerprint density at radius 1 is 1.19 bits per heavy atom. The zero-order chi connectivity index (χ0) is 30.4. The first-order valence-electron chi connectivity index (χ1n) is 13.9. The SMILES string of the molecule is CCC(CC)COC(=O)[C@H](C)NP(=O)(OC[C@H]1C(c2ccc3c(N)ncnn23)[C@H](C#N)[C@H](O)[C@@H]1O)Oc1ccccc1. The van der Waals surface area contributed by atoms with E-state index in [1.54, 1.807) is 42.5 Å².